The Morgan fingerprint density at radius 3 is 2.33 bits per heavy atom. The average molecular weight is 170 g/mol. The second-order valence-corrected chi connectivity index (χ2v) is 2.18. The molecule has 0 aliphatic rings. The maximum atomic E-state index is 12.9. The van der Waals surface area contributed by atoms with Gasteiger partial charge in [-0.05, 0) is 12.1 Å². The number of rotatable bonds is 2. The highest BCUT2D eigenvalue weighted by atomic mass is 19.1. The maximum Gasteiger partial charge on any atom is 0.165 e. The van der Waals surface area contributed by atoms with Crippen LogP contribution in [0.3, 0.4) is 0 Å². The second-order valence-electron chi connectivity index (χ2n) is 2.18. The van der Waals surface area contributed by atoms with Crippen LogP contribution < -0.4 is 4.74 Å². The molecule has 0 heterocycles. The summed E-state index contributed by atoms with van der Waals surface area (Å²) in [4.78, 5) is 0. The first-order valence-electron chi connectivity index (χ1n) is 3.35. The molecule has 0 atom stereocenters. The van der Waals surface area contributed by atoms with Crippen LogP contribution in [0, 0.1) is 11.6 Å². The molecule has 0 N–H and O–H groups in total. The molecule has 0 aliphatic heterocycles. The fourth-order valence-electron chi connectivity index (χ4n) is 0.947. The molecule has 1 rings (SSSR count). The molecule has 0 saturated heterocycles. The van der Waals surface area contributed by atoms with E-state index in [9.17, 15) is 8.78 Å². The van der Waals surface area contributed by atoms with E-state index < -0.39 is 11.6 Å². The van der Waals surface area contributed by atoms with Gasteiger partial charge in [0, 0.05) is 0 Å². The Balaban J connectivity index is 3.38. The number of methoxy groups -OCH3 is 1. The van der Waals surface area contributed by atoms with Gasteiger partial charge < -0.3 is 4.74 Å². The van der Waals surface area contributed by atoms with Crippen molar-refractivity contribution in [1.82, 2.24) is 0 Å². The van der Waals surface area contributed by atoms with Gasteiger partial charge in [0.1, 0.15) is 5.82 Å². The lowest BCUT2D eigenvalue weighted by Gasteiger charge is -2.05. The lowest BCUT2D eigenvalue weighted by Crippen LogP contribution is -1.94. The summed E-state index contributed by atoms with van der Waals surface area (Å²) >= 11 is 0. The zero-order valence-electron chi connectivity index (χ0n) is 6.60. The molecule has 0 unspecified atom stereocenters. The molecule has 1 aromatic carbocycles. The normalized spacial score (nSPS) is 9.58. The van der Waals surface area contributed by atoms with Crippen LogP contribution in [0.4, 0.5) is 8.78 Å². The van der Waals surface area contributed by atoms with Crippen molar-refractivity contribution in [2.24, 2.45) is 0 Å². The Morgan fingerprint density at radius 2 is 1.92 bits per heavy atom. The standard InChI is InChI=1S/C9H8F2O/c1-3-6-7(10)4-5-8(11)9(6)12-2/h3-5H,1H2,2H3. The zero-order valence-corrected chi connectivity index (χ0v) is 6.60. The summed E-state index contributed by atoms with van der Waals surface area (Å²) in [6.45, 7) is 3.35. The summed E-state index contributed by atoms with van der Waals surface area (Å²) in [6.07, 6.45) is 1.22. The van der Waals surface area contributed by atoms with Crippen molar-refractivity contribution in [1.29, 1.82) is 0 Å². The predicted octanol–water partition coefficient (Wildman–Crippen LogP) is 2.62. The summed E-state index contributed by atoms with van der Waals surface area (Å²) in [6, 6.07) is 2.05. The fraction of sp³-hybridized carbons (Fsp3) is 0.111. The van der Waals surface area contributed by atoms with Crippen molar-refractivity contribution < 1.29 is 13.5 Å². The van der Waals surface area contributed by atoms with Crippen LogP contribution >= 0.6 is 0 Å². The van der Waals surface area contributed by atoms with E-state index in [0.717, 1.165) is 12.1 Å². The van der Waals surface area contributed by atoms with Gasteiger partial charge in [0.05, 0.1) is 12.7 Å². The summed E-state index contributed by atoms with van der Waals surface area (Å²) in [5.41, 5.74) is 0.0532. The minimum Gasteiger partial charge on any atom is -0.493 e. The zero-order chi connectivity index (χ0) is 9.14. The van der Waals surface area contributed by atoms with E-state index in [1.54, 1.807) is 0 Å². The molecule has 1 aromatic rings. The van der Waals surface area contributed by atoms with E-state index in [4.69, 9.17) is 0 Å². The van der Waals surface area contributed by atoms with Crippen LogP contribution in [-0.4, -0.2) is 7.11 Å². The van der Waals surface area contributed by atoms with E-state index in [2.05, 4.69) is 11.3 Å². The first-order valence-corrected chi connectivity index (χ1v) is 3.35. The Kier molecular flexibility index (Phi) is 2.43. The Bertz CT molecular complexity index is 308. The van der Waals surface area contributed by atoms with Gasteiger partial charge in [-0.1, -0.05) is 12.7 Å². The molecule has 64 valence electrons. The summed E-state index contributed by atoms with van der Waals surface area (Å²) in [7, 11) is 1.28. The number of ether oxygens (including phenoxy) is 1. The molecule has 0 saturated carbocycles. The lowest BCUT2D eigenvalue weighted by atomic mass is 10.2. The maximum absolute atomic E-state index is 12.9. The Hall–Kier alpha value is -1.38. The van der Waals surface area contributed by atoms with Gasteiger partial charge in [0.2, 0.25) is 0 Å². The molecule has 0 spiro atoms. The Morgan fingerprint density at radius 1 is 1.33 bits per heavy atom. The molecule has 0 aliphatic carbocycles. The molecule has 3 heteroatoms. The van der Waals surface area contributed by atoms with Gasteiger partial charge in [0.15, 0.2) is 11.6 Å². The number of hydrogen-bond acceptors (Lipinski definition) is 1. The van der Waals surface area contributed by atoms with Crippen LogP contribution in [0.2, 0.25) is 0 Å². The molecule has 0 radical (unpaired) electrons. The SMILES string of the molecule is C=Cc1c(F)ccc(F)c1OC. The number of benzene rings is 1. The van der Waals surface area contributed by atoms with Gasteiger partial charge in [-0.15, -0.1) is 0 Å². The largest absolute Gasteiger partial charge is 0.493 e. The first-order chi connectivity index (χ1) is 5.70. The van der Waals surface area contributed by atoms with E-state index >= 15 is 0 Å². The Labute approximate surface area is 69.3 Å². The number of halogens is 2. The van der Waals surface area contributed by atoms with E-state index in [1.165, 1.54) is 13.2 Å². The summed E-state index contributed by atoms with van der Waals surface area (Å²) in [5.74, 6) is -1.23. The molecule has 1 nitrogen and oxygen atoms in total. The lowest BCUT2D eigenvalue weighted by molar-refractivity contribution is 0.381. The van der Waals surface area contributed by atoms with Crippen LogP contribution in [0.15, 0.2) is 18.7 Å². The van der Waals surface area contributed by atoms with Crippen LogP contribution in [0.25, 0.3) is 6.08 Å². The van der Waals surface area contributed by atoms with Crippen molar-refractivity contribution in [3.05, 3.63) is 35.9 Å². The smallest absolute Gasteiger partial charge is 0.165 e. The van der Waals surface area contributed by atoms with Crippen LogP contribution in [-0.2, 0) is 0 Å². The summed E-state index contributed by atoms with van der Waals surface area (Å²) in [5, 5.41) is 0. The topological polar surface area (TPSA) is 9.23 Å². The third-order valence-corrected chi connectivity index (χ3v) is 1.50. The highest BCUT2D eigenvalue weighted by molar-refractivity contribution is 5.56. The van der Waals surface area contributed by atoms with Crippen molar-refractivity contribution in [3.8, 4) is 5.75 Å². The molecule has 0 aromatic heterocycles. The average Bonchev–Trinajstić information content (AvgIpc) is 2.08. The third kappa shape index (κ3) is 1.30. The van der Waals surface area contributed by atoms with Crippen LogP contribution in [0.5, 0.6) is 5.75 Å². The molecule has 0 amide bonds. The van der Waals surface area contributed by atoms with Crippen molar-refractivity contribution >= 4 is 6.08 Å². The molecular weight excluding hydrogens is 162 g/mol. The second kappa shape index (κ2) is 3.34. The highest BCUT2D eigenvalue weighted by Gasteiger charge is 2.10. The van der Waals surface area contributed by atoms with Gasteiger partial charge >= 0.3 is 0 Å². The highest BCUT2D eigenvalue weighted by Crippen LogP contribution is 2.25. The molecule has 0 fully saturated rings. The van der Waals surface area contributed by atoms with Crippen LogP contribution in [0.1, 0.15) is 5.56 Å². The van der Waals surface area contributed by atoms with E-state index in [0.29, 0.717) is 0 Å². The predicted molar refractivity (Wildman–Crippen MR) is 43.0 cm³/mol. The van der Waals surface area contributed by atoms with Crippen molar-refractivity contribution in [3.63, 3.8) is 0 Å². The fourth-order valence-corrected chi connectivity index (χ4v) is 0.947. The molecular formula is C9H8F2O. The quantitative estimate of drug-likeness (QED) is 0.662. The van der Waals surface area contributed by atoms with E-state index in [1.807, 2.05) is 0 Å². The molecule has 12 heavy (non-hydrogen) atoms. The van der Waals surface area contributed by atoms with Gasteiger partial charge in [0.25, 0.3) is 0 Å². The summed E-state index contributed by atoms with van der Waals surface area (Å²) < 4.78 is 30.4. The minimum atomic E-state index is -0.589. The van der Waals surface area contributed by atoms with E-state index in [-0.39, 0.29) is 11.3 Å². The number of hydrogen-bond donors (Lipinski definition) is 0. The first kappa shape index (κ1) is 8.71. The van der Waals surface area contributed by atoms with Crippen molar-refractivity contribution in [2.45, 2.75) is 0 Å². The monoisotopic (exact) mass is 170 g/mol. The molecule has 0 bridgehead atoms. The van der Waals surface area contributed by atoms with Gasteiger partial charge in [-0.25, -0.2) is 8.78 Å². The third-order valence-electron chi connectivity index (χ3n) is 1.50. The van der Waals surface area contributed by atoms with Crippen molar-refractivity contribution in [2.75, 3.05) is 7.11 Å². The van der Waals surface area contributed by atoms with Gasteiger partial charge in [-0.2, -0.15) is 0 Å². The van der Waals surface area contributed by atoms with Gasteiger partial charge in [-0.3, -0.25) is 0 Å². The minimum absolute atomic E-state index is 0.0532.